The average molecular weight is 352 g/mol. The van der Waals surface area contributed by atoms with Gasteiger partial charge in [-0.2, -0.15) is 0 Å². The minimum absolute atomic E-state index is 0.000543. The molecule has 0 saturated carbocycles. The van der Waals surface area contributed by atoms with Gasteiger partial charge >= 0.3 is 0 Å². The van der Waals surface area contributed by atoms with Crippen molar-refractivity contribution < 1.29 is 22.5 Å². The van der Waals surface area contributed by atoms with Crippen molar-refractivity contribution in [1.29, 1.82) is 0 Å². The van der Waals surface area contributed by atoms with Gasteiger partial charge in [0.1, 0.15) is 10.7 Å². The summed E-state index contributed by atoms with van der Waals surface area (Å²) < 4.78 is 40.9. The maximum Gasteiger partial charge on any atom is 0.273 e. The van der Waals surface area contributed by atoms with Crippen LogP contribution in [-0.4, -0.2) is 19.1 Å². The Morgan fingerprint density at radius 3 is 2.46 bits per heavy atom. The van der Waals surface area contributed by atoms with Crippen molar-refractivity contribution in [2.45, 2.75) is 18.7 Å². The fourth-order valence-electron chi connectivity index (χ4n) is 2.12. The van der Waals surface area contributed by atoms with Crippen molar-refractivity contribution in [1.82, 2.24) is 0 Å². The van der Waals surface area contributed by atoms with Crippen LogP contribution in [0.3, 0.4) is 0 Å². The molecule has 0 aliphatic heterocycles. The summed E-state index contributed by atoms with van der Waals surface area (Å²) in [6, 6.07) is 7.24. The molecule has 0 aliphatic rings. The number of nitro groups is 1. The van der Waals surface area contributed by atoms with Gasteiger partial charge in [0.2, 0.25) is 0 Å². The van der Waals surface area contributed by atoms with E-state index in [0.29, 0.717) is 6.07 Å². The van der Waals surface area contributed by atoms with Crippen molar-refractivity contribution in [3.63, 3.8) is 0 Å². The van der Waals surface area contributed by atoms with Gasteiger partial charge in [0.15, 0.2) is 5.78 Å². The summed E-state index contributed by atoms with van der Waals surface area (Å²) in [5.74, 6) is -1.51. The number of nitro benzene ring substituents is 1. The lowest BCUT2D eigenvalue weighted by atomic mass is 10.1. The number of Topliss-reactive ketones (excluding diaryl/α,β-unsaturated/α-hetero) is 1. The highest BCUT2D eigenvalue weighted by Gasteiger charge is 2.25. The summed E-state index contributed by atoms with van der Waals surface area (Å²) in [5.41, 5.74) is -0.451. The fourth-order valence-corrected chi connectivity index (χ4v) is 3.28. The molecule has 0 bridgehead atoms. The Morgan fingerprint density at radius 2 is 1.88 bits per heavy atom. The molecular weight excluding hydrogens is 339 g/mol. The molecule has 0 radical (unpaired) electrons. The van der Waals surface area contributed by atoms with Crippen molar-refractivity contribution in [2.24, 2.45) is 0 Å². The SMILES string of the molecule is CC(=O)c1ccccc1NS(=O)(=O)c1cc([N+](=O)[O-])c(C)cc1F. The molecule has 0 fully saturated rings. The number of rotatable bonds is 5. The zero-order valence-corrected chi connectivity index (χ0v) is 13.6. The third-order valence-electron chi connectivity index (χ3n) is 3.29. The lowest BCUT2D eigenvalue weighted by Crippen LogP contribution is -2.17. The quantitative estimate of drug-likeness (QED) is 0.506. The molecule has 24 heavy (non-hydrogen) atoms. The van der Waals surface area contributed by atoms with Gasteiger partial charge in [-0.15, -0.1) is 0 Å². The monoisotopic (exact) mass is 352 g/mol. The zero-order valence-electron chi connectivity index (χ0n) is 12.7. The maximum absolute atomic E-state index is 14.0. The Morgan fingerprint density at radius 1 is 1.25 bits per heavy atom. The summed E-state index contributed by atoms with van der Waals surface area (Å²) in [5, 5.41) is 10.9. The molecule has 9 heteroatoms. The van der Waals surface area contributed by atoms with Gasteiger partial charge in [0.25, 0.3) is 15.7 Å². The van der Waals surface area contributed by atoms with Gasteiger partial charge in [-0.3, -0.25) is 19.6 Å². The highest BCUT2D eigenvalue weighted by Crippen LogP contribution is 2.27. The molecule has 0 heterocycles. The number of nitrogens with zero attached hydrogens (tertiary/aromatic N) is 1. The van der Waals surface area contributed by atoms with E-state index in [-0.39, 0.29) is 22.6 Å². The molecule has 0 aliphatic carbocycles. The Labute approximate surface area is 137 Å². The molecule has 2 rings (SSSR count). The van der Waals surface area contributed by atoms with Crippen LogP contribution in [0.4, 0.5) is 15.8 Å². The Balaban J connectivity index is 2.55. The lowest BCUT2D eigenvalue weighted by Gasteiger charge is -2.12. The summed E-state index contributed by atoms with van der Waals surface area (Å²) >= 11 is 0. The molecule has 2 aromatic rings. The van der Waals surface area contributed by atoms with Crippen LogP contribution < -0.4 is 4.72 Å². The molecule has 126 valence electrons. The smallest absolute Gasteiger partial charge is 0.273 e. The highest BCUT2D eigenvalue weighted by molar-refractivity contribution is 7.92. The predicted octanol–water partition coefficient (Wildman–Crippen LogP) is 3.05. The van der Waals surface area contributed by atoms with Crippen LogP contribution in [0.15, 0.2) is 41.3 Å². The van der Waals surface area contributed by atoms with Crippen LogP contribution in [0.2, 0.25) is 0 Å². The Kier molecular flexibility index (Phi) is 4.65. The molecular formula is C15H13FN2O5S. The van der Waals surface area contributed by atoms with Crippen molar-refractivity contribution >= 4 is 27.2 Å². The largest absolute Gasteiger partial charge is 0.294 e. The van der Waals surface area contributed by atoms with Crippen LogP contribution >= 0.6 is 0 Å². The van der Waals surface area contributed by atoms with Gasteiger partial charge in [0, 0.05) is 17.2 Å². The molecule has 0 unspecified atom stereocenters. The van der Waals surface area contributed by atoms with Crippen molar-refractivity contribution in [2.75, 3.05) is 4.72 Å². The van der Waals surface area contributed by atoms with Gasteiger partial charge in [0.05, 0.1) is 10.6 Å². The lowest BCUT2D eigenvalue weighted by molar-refractivity contribution is -0.385. The molecule has 7 nitrogen and oxygen atoms in total. The number of hydrogen-bond acceptors (Lipinski definition) is 5. The number of hydrogen-bond donors (Lipinski definition) is 1. The summed E-state index contributed by atoms with van der Waals surface area (Å²) in [6.45, 7) is 2.56. The second-order valence-electron chi connectivity index (χ2n) is 5.03. The first-order valence-corrected chi connectivity index (χ1v) is 8.19. The third-order valence-corrected chi connectivity index (χ3v) is 4.67. The summed E-state index contributed by atoms with van der Waals surface area (Å²) in [6.07, 6.45) is 0. The first-order chi connectivity index (χ1) is 11.1. The van der Waals surface area contributed by atoms with Crippen LogP contribution in [-0.2, 0) is 10.0 Å². The van der Waals surface area contributed by atoms with E-state index in [2.05, 4.69) is 4.72 Å². The zero-order chi connectivity index (χ0) is 18.1. The van der Waals surface area contributed by atoms with Crippen molar-refractivity contribution in [3.8, 4) is 0 Å². The van der Waals surface area contributed by atoms with E-state index in [0.717, 1.165) is 6.07 Å². The maximum atomic E-state index is 14.0. The van der Waals surface area contributed by atoms with E-state index in [1.54, 1.807) is 6.07 Å². The average Bonchev–Trinajstić information content (AvgIpc) is 2.46. The number of halogens is 1. The topological polar surface area (TPSA) is 106 Å². The predicted molar refractivity (Wildman–Crippen MR) is 85.0 cm³/mol. The normalized spacial score (nSPS) is 11.1. The molecule has 1 N–H and O–H groups in total. The number of ketones is 1. The fraction of sp³-hybridized carbons (Fsp3) is 0.133. The Bertz CT molecular complexity index is 941. The first kappa shape index (κ1) is 17.5. The van der Waals surface area contributed by atoms with E-state index in [4.69, 9.17) is 0 Å². The molecule has 0 saturated heterocycles. The summed E-state index contributed by atoms with van der Waals surface area (Å²) in [7, 11) is -4.45. The minimum Gasteiger partial charge on any atom is -0.294 e. The van der Waals surface area contributed by atoms with Crippen LogP contribution in [0.25, 0.3) is 0 Å². The second kappa shape index (κ2) is 6.36. The van der Waals surface area contributed by atoms with E-state index in [1.165, 1.54) is 32.0 Å². The number of para-hydroxylation sites is 1. The molecule has 0 atom stereocenters. The van der Waals surface area contributed by atoms with Gasteiger partial charge < -0.3 is 0 Å². The van der Waals surface area contributed by atoms with Gasteiger partial charge in [-0.1, -0.05) is 12.1 Å². The van der Waals surface area contributed by atoms with Crippen molar-refractivity contribution in [3.05, 3.63) is 63.5 Å². The molecule has 2 aromatic carbocycles. The summed E-state index contributed by atoms with van der Waals surface area (Å²) in [4.78, 5) is 20.8. The number of aryl methyl sites for hydroxylation is 1. The van der Waals surface area contributed by atoms with Crippen LogP contribution in [0.1, 0.15) is 22.8 Å². The van der Waals surface area contributed by atoms with E-state index < -0.39 is 31.3 Å². The van der Waals surface area contributed by atoms with Crippen LogP contribution in [0, 0.1) is 22.9 Å². The van der Waals surface area contributed by atoms with E-state index in [1.807, 2.05) is 0 Å². The molecule has 0 aromatic heterocycles. The number of sulfonamides is 1. The number of nitrogens with one attached hydrogen (secondary N) is 1. The molecule has 0 amide bonds. The van der Waals surface area contributed by atoms with E-state index in [9.17, 15) is 27.7 Å². The first-order valence-electron chi connectivity index (χ1n) is 6.71. The second-order valence-corrected chi connectivity index (χ2v) is 6.68. The number of anilines is 1. The minimum atomic E-state index is -4.45. The number of carbonyl (C=O) groups excluding carboxylic acids is 1. The van der Waals surface area contributed by atoms with E-state index >= 15 is 0 Å². The Hall–Kier alpha value is -2.81. The number of carbonyl (C=O) groups is 1. The van der Waals surface area contributed by atoms with Crippen LogP contribution in [0.5, 0.6) is 0 Å². The third kappa shape index (κ3) is 3.40. The number of benzene rings is 2. The standard InChI is InChI=1S/C15H13FN2O5S/c1-9-7-12(16)15(8-14(9)18(20)21)24(22,23)17-13-6-4-3-5-11(13)10(2)19/h3-8,17H,1-2H3. The molecule has 0 spiro atoms. The highest BCUT2D eigenvalue weighted by atomic mass is 32.2. The van der Waals surface area contributed by atoms with Gasteiger partial charge in [-0.05, 0) is 32.0 Å². The van der Waals surface area contributed by atoms with Gasteiger partial charge in [-0.25, -0.2) is 12.8 Å².